The Morgan fingerprint density at radius 1 is 1.12 bits per heavy atom. The smallest absolute Gasteiger partial charge is 0.323 e. The molecule has 0 aliphatic heterocycles. The number of nitrogens with zero attached hydrogens (tertiary/aromatic N) is 3. The fourth-order valence-electron chi connectivity index (χ4n) is 2.11. The van der Waals surface area contributed by atoms with Gasteiger partial charge in [0.15, 0.2) is 0 Å². The Hall–Kier alpha value is -3.75. The fraction of sp³-hybridized carbons (Fsp3) is 0.0625. The molecule has 0 spiro atoms. The van der Waals surface area contributed by atoms with E-state index in [0.29, 0.717) is 28.7 Å². The van der Waals surface area contributed by atoms with E-state index < -0.39 is 11.0 Å². The van der Waals surface area contributed by atoms with E-state index in [4.69, 9.17) is 4.52 Å². The number of aromatic nitrogens is 2. The van der Waals surface area contributed by atoms with Crippen LogP contribution >= 0.6 is 0 Å². The molecule has 3 rings (SSSR count). The van der Waals surface area contributed by atoms with Gasteiger partial charge in [-0.1, -0.05) is 17.3 Å². The molecular formula is C16H13N5O4. The van der Waals surface area contributed by atoms with Crippen LogP contribution in [0.25, 0.3) is 11.4 Å². The molecule has 0 saturated heterocycles. The molecule has 0 aliphatic rings. The van der Waals surface area contributed by atoms with Crippen LogP contribution in [0.5, 0.6) is 0 Å². The van der Waals surface area contributed by atoms with Gasteiger partial charge in [-0.3, -0.25) is 10.1 Å². The number of nitro groups is 1. The molecule has 0 aliphatic carbocycles. The van der Waals surface area contributed by atoms with Gasteiger partial charge in [-0.25, -0.2) is 4.79 Å². The third-order valence-corrected chi connectivity index (χ3v) is 3.24. The van der Waals surface area contributed by atoms with Gasteiger partial charge in [0.1, 0.15) is 0 Å². The van der Waals surface area contributed by atoms with E-state index in [2.05, 4.69) is 20.8 Å². The van der Waals surface area contributed by atoms with Gasteiger partial charge in [-0.15, -0.1) is 0 Å². The molecule has 25 heavy (non-hydrogen) atoms. The number of carbonyl (C=O) groups excluding carboxylic acids is 1. The molecule has 0 saturated carbocycles. The van der Waals surface area contributed by atoms with Crippen molar-refractivity contribution >= 4 is 23.1 Å². The molecule has 3 aromatic rings. The number of aryl methyl sites for hydroxylation is 1. The number of rotatable bonds is 4. The van der Waals surface area contributed by atoms with Crippen LogP contribution in [0.2, 0.25) is 0 Å². The Morgan fingerprint density at radius 2 is 1.84 bits per heavy atom. The summed E-state index contributed by atoms with van der Waals surface area (Å²) in [6.45, 7) is 1.69. The second-order valence-electron chi connectivity index (χ2n) is 5.10. The zero-order chi connectivity index (χ0) is 17.8. The van der Waals surface area contributed by atoms with E-state index >= 15 is 0 Å². The molecular weight excluding hydrogens is 326 g/mol. The van der Waals surface area contributed by atoms with E-state index in [1.807, 2.05) is 0 Å². The van der Waals surface area contributed by atoms with Crippen molar-refractivity contribution in [3.8, 4) is 11.4 Å². The quantitative estimate of drug-likeness (QED) is 0.553. The molecule has 0 unspecified atom stereocenters. The van der Waals surface area contributed by atoms with E-state index in [0.717, 1.165) is 0 Å². The highest BCUT2D eigenvalue weighted by molar-refractivity contribution is 6.00. The van der Waals surface area contributed by atoms with Crippen molar-refractivity contribution < 1.29 is 14.2 Å². The zero-order valence-electron chi connectivity index (χ0n) is 13.1. The third kappa shape index (κ3) is 3.96. The maximum atomic E-state index is 12.0. The number of amides is 2. The van der Waals surface area contributed by atoms with Gasteiger partial charge in [-0.2, -0.15) is 4.98 Å². The summed E-state index contributed by atoms with van der Waals surface area (Å²) in [6, 6.07) is 12.0. The average molecular weight is 339 g/mol. The summed E-state index contributed by atoms with van der Waals surface area (Å²) in [5.41, 5.74) is 1.63. The first-order valence-corrected chi connectivity index (χ1v) is 7.24. The monoisotopic (exact) mass is 339 g/mol. The summed E-state index contributed by atoms with van der Waals surface area (Å²) < 4.78 is 4.94. The van der Waals surface area contributed by atoms with Gasteiger partial charge >= 0.3 is 6.03 Å². The van der Waals surface area contributed by atoms with Gasteiger partial charge < -0.3 is 15.2 Å². The van der Waals surface area contributed by atoms with Gasteiger partial charge in [0.25, 0.3) is 5.69 Å². The number of anilines is 2. The van der Waals surface area contributed by atoms with Crippen LogP contribution in [0.3, 0.4) is 0 Å². The minimum Gasteiger partial charge on any atom is -0.339 e. The highest BCUT2D eigenvalue weighted by atomic mass is 16.6. The minimum atomic E-state index is -0.505. The molecule has 2 amide bonds. The first-order chi connectivity index (χ1) is 12.0. The zero-order valence-corrected chi connectivity index (χ0v) is 13.1. The Balaban J connectivity index is 1.67. The van der Waals surface area contributed by atoms with Crippen molar-refractivity contribution in [2.45, 2.75) is 6.92 Å². The van der Waals surface area contributed by atoms with Crippen molar-refractivity contribution in [1.82, 2.24) is 10.1 Å². The van der Waals surface area contributed by atoms with E-state index in [-0.39, 0.29) is 5.69 Å². The van der Waals surface area contributed by atoms with Crippen molar-refractivity contribution in [3.05, 3.63) is 64.5 Å². The summed E-state index contributed by atoms with van der Waals surface area (Å²) in [4.78, 5) is 26.3. The molecule has 0 bridgehead atoms. The first-order valence-electron chi connectivity index (χ1n) is 7.24. The number of urea groups is 1. The average Bonchev–Trinajstić information content (AvgIpc) is 3.02. The van der Waals surface area contributed by atoms with Crippen molar-refractivity contribution in [2.24, 2.45) is 0 Å². The Bertz CT molecular complexity index is 920. The van der Waals surface area contributed by atoms with Gasteiger partial charge in [-0.05, 0) is 24.3 Å². The summed E-state index contributed by atoms with van der Waals surface area (Å²) in [6.07, 6.45) is 0. The van der Waals surface area contributed by atoms with Crippen molar-refractivity contribution in [2.75, 3.05) is 10.6 Å². The Morgan fingerprint density at radius 3 is 2.48 bits per heavy atom. The molecule has 2 N–H and O–H groups in total. The van der Waals surface area contributed by atoms with Gasteiger partial charge in [0.05, 0.1) is 4.92 Å². The molecule has 9 heteroatoms. The fourth-order valence-corrected chi connectivity index (χ4v) is 2.11. The summed E-state index contributed by atoms with van der Waals surface area (Å²) >= 11 is 0. The topological polar surface area (TPSA) is 123 Å². The number of carbonyl (C=O) groups is 1. The Kier molecular flexibility index (Phi) is 4.38. The van der Waals surface area contributed by atoms with Crippen LogP contribution in [0.1, 0.15) is 5.89 Å². The predicted octanol–water partition coefficient (Wildman–Crippen LogP) is 3.60. The maximum absolute atomic E-state index is 12.0. The summed E-state index contributed by atoms with van der Waals surface area (Å²) in [5.74, 6) is 0.876. The lowest BCUT2D eigenvalue weighted by molar-refractivity contribution is -0.384. The molecule has 0 fully saturated rings. The van der Waals surface area contributed by atoms with Crippen LogP contribution in [0, 0.1) is 17.0 Å². The maximum Gasteiger partial charge on any atom is 0.323 e. The first kappa shape index (κ1) is 16.1. The van der Waals surface area contributed by atoms with E-state index in [9.17, 15) is 14.9 Å². The summed E-state index contributed by atoms with van der Waals surface area (Å²) in [5, 5.41) is 19.7. The Labute approximate surface area is 141 Å². The number of non-ortho nitro benzene ring substituents is 1. The van der Waals surface area contributed by atoms with Gasteiger partial charge in [0.2, 0.25) is 11.7 Å². The molecule has 9 nitrogen and oxygen atoms in total. The number of hydrogen-bond acceptors (Lipinski definition) is 6. The van der Waals surface area contributed by atoms with Crippen LogP contribution in [0.15, 0.2) is 53.1 Å². The molecule has 0 atom stereocenters. The largest absolute Gasteiger partial charge is 0.339 e. The standard InChI is InChI=1S/C16H13N5O4/c1-10-17-15(20-25-10)11-3-2-4-13(9-11)19-16(22)18-12-5-7-14(8-6-12)21(23)24/h2-9H,1H3,(H2,18,19,22). The lowest BCUT2D eigenvalue weighted by atomic mass is 10.2. The number of benzene rings is 2. The second kappa shape index (κ2) is 6.79. The third-order valence-electron chi connectivity index (χ3n) is 3.24. The lowest BCUT2D eigenvalue weighted by Gasteiger charge is -2.08. The van der Waals surface area contributed by atoms with Gasteiger partial charge in [0, 0.05) is 36.0 Å². The van der Waals surface area contributed by atoms with E-state index in [1.165, 1.54) is 24.3 Å². The normalized spacial score (nSPS) is 10.3. The minimum absolute atomic E-state index is 0.0472. The van der Waals surface area contributed by atoms with E-state index in [1.54, 1.807) is 31.2 Å². The van der Waals surface area contributed by atoms with Crippen LogP contribution in [0.4, 0.5) is 21.9 Å². The van der Waals surface area contributed by atoms with Crippen LogP contribution in [-0.2, 0) is 0 Å². The highest BCUT2D eigenvalue weighted by Gasteiger charge is 2.09. The molecule has 126 valence electrons. The SMILES string of the molecule is Cc1nc(-c2cccc(NC(=O)Nc3ccc([N+](=O)[O-])cc3)c2)no1. The number of nitro benzene ring substituents is 1. The molecule has 0 radical (unpaired) electrons. The number of hydrogen-bond donors (Lipinski definition) is 2. The lowest BCUT2D eigenvalue weighted by Crippen LogP contribution is -2.19. The second-order valence-corrected chi connectivity index (χ2v) is 5.10. The molecule has 2 aromatic carbocycles. The van der Waals surface area contributed by atoms with Crippen LogP contribution < -0.4 is 10.6 Å². The summed E-state index contributed by atoms with van der Waals surface area (Å²) in [7, 11) is 0. The van der Waals surface area contributed by atoms with Crippen LogP contribution in [-0.4, -0.2) is 21.1 Å². The number of nitrogens with one attached hydrogen (secondary N) is 2. The molecule has 1 heterocycles. The molecule has 1 aromatic heterocycles. The highest BCUT2D eigenvalue weighted by Crippen LogP contribution is 2.20. The van der Waals surface area contributed by atoms with Crippen molar-refractivity contribution in [3.63, 3.8) is 0 Å². The van der Waals surface area contributed by atoms with Crippen molar-refractivity contribution in [1.29, 1.82) is 0 Å². The predicted molar refractivity (Wildman–Crippen MR) is 90.2 cm³/mol.